The van der Waals surface area contributed by atoms with Gasteiger partial charge in [-0.2, -0.15) is 4.98 Å². The number of carbonyl (C=O) groups excluding carboxylic acids is 3. The first kappa shape index (κ1) is 32.5. The quantitative estimate of drug-likeness (QED) is 0.256. The predicted molar refractivity (Wildman–Crippen MR) is 189 cm³/mol. The zero-order chi connectivity index (χ0) is 34.1. The number of hydrogen-bond acceptors (Lipinski definition) is 9. The molecule has 1 aromatic carbocycles. The van der Waals surface area contributed by atoms with Crippen LogP contribution in [0.3, 0.4) is 0 Å². The van der Waals surface area contributed by atoms with Crippen molar-refractivity contribution in [2.45, 2.75) is 63.6 Å². The van der Waals surface area contributed by atoms with Gasteiger partial charge in [0.1, 0.15) is 17.2 Å². The number of piperidine rings is 1. The Morgan fingerprint density at radius 2 is 1.65 bits per heavy atom. The number of nitrogens with zero attached hydrogens (tertiary/aromatic N) is 8. The lowest BCUT2D eigenvalue weighted by atomic mass is 10.0. The highest BCUT2D eigenvalue weighted by Crippen LogP contribution is 2.35. The van der Waals surface area contributed by atoms with Crippen molar-refractivity contribution >= 4 is 52.0 Å². The number of pyridine rings is 1. The van der Waals surface area contributed by atoms with Gasteiger partial charge >= 0.3 is 6.03 Å². The van der Waals surface area contributed by atoms with Crippen LogP contribution in [-0.2, 0) is 11.3 Å². The molecule has 5 heterocycles. The molecule has 0 bridgehead atoms. The second kappa shape index (κ2) is 13.8. The van der Waals surface area contributed by atoms with Crippen LogP contribution in [0.5, 0.6) is 0 Å². The van der Waals surface area contributed by atoms with E-state index in [0.717, 1.165) is 80.6 Å². The number of anilines is 4. The highest BCUT2D eigenvalue weighted by molar-refractivity contribution is 6.05. The number of urea groups is 1. The monoisotopic (exact) mass is 664 g/mol. The van der Waals surface area contributed by atoms with Crippen molar-refractivity contribution in [2.75, 3.05) is 55.9 Å². The molecular formula is C36H44N10O3. The molecule has 256 valence electrons. The van der Waals surface area contributed by atoms with Gasteiger partial charge in [0.2, 0.25) is 11.9 Å². The lowest BCUT2D eigenvalue weighted by Crippen LogP contribution is -2.49. The maximum absolute atomic E-state index is 13.0. The Labute approximate surface area is 286 Å². The van der Waals surface area contributed by atoms with Gasteiger partial charge in [-0.25, -0.2) is 14.8 Å². The van der Waals surface area contributed by atoms with E-state index in [9.17, 15) is 14.4 Å². The summed E-state index contributed by atoms with van der Waals surface area (Å²) in [7, 11) is 5.73. The van der Waals surface area contributed by atoms with Gasteiger partial charge in [-0.1, -0.05) is 25.0 Å². The number of fused-ring (bicyclic) bond motifs is 1. The van der Waals surface area contributed by atoms with E-state index in [4.69, 9.17) is 4.98 Å². The van der Waals surface area contributed by atoms with Crippen molar-refractivity contribution in [3.63, 3.8) is 0 Å². The van der Waals surface area contributed by atoms with Crippen LogP contribution in [0, 0.1) is 0 Å². The van der Waals surface area contributed by atoms with E-state index in [2.05, 4.69) is 60.2 Å². The van der Waals surface area contributed by atoms with E-state index >= 15 is 0 Å². The predicted octanol–water partition coefficient (Wildman–Crippen LogP) is 4.93. The summed E-state index contributed by atoms with van der Waals surface area (Å²) in [5.41, 5.74) is 4.52. The Bertz CT molecular complexity index is 1820. The third kappa shape index (κ3) is 6.93. The summed E-state index contributed by atoms with van der Waals surface area (Å²) in [5, 5.41) is 6.51. The van der Waals surface area contributed by atoms with Gasteiger partial charge < -0.3 is 19.7 Å². The summed E-state index contributed by atoms with van der Waals surface area (Å²) < 4.78 is 2.12. The second-order valence-corrected chi connectivity index (χ2v) is 13.6. The van der Waals surface area contributed by atoms with E-state index in [1.54, 1.807) is 30.1 Å². The van der Waals surface area contributed by atoms with Gasteiger partial charge in [0.05, 0.1) is 11.9 Å². The van der Waals surface area contributed by atoms with Crippen LogP contribution < -0.4 is 20.4 Å². The lowest BCUT2D eigenvalue weighted by molar-refractivity contribution is -0.120. The third-order valence-electron chi connectivity index (χ3n) is 10.1. The van der Waals surface area contributed by atoms with E-state index in [1.807, 2.05) is 30.5 Å². The van der Waals surface area contributed by atoms with Crippen LogP contribution in [0.25, 0.3) is 11.0 Å². The van der Waals surface area contributed by atoms with Crippen LogP contribution in [0.2, 0.25) is 0 Å². The second-order valence-electron chi connectivity index (χ2n) is 13.6. The van der Waals surface area contributed by atoms with Crippen LogP contribution in [0.4, 0.5) is 27.9 Å². The molecule has 0 unspecified atom stereocenters. The molecule has 0 atom stereocenters. The van der Waals surface area contributed by atoms with Crippen molar-refractivity contribution in [3.8, 4) is 0 Å². The Balaban J connectivity index is 0.945. The molecule has 1 aliphatic carbocycles. The average molecular weight is 665 g/mol. The molecule has 13 heteroatoms. The minimum absolute atomic E-state index is 0.0239. The topological polar surface area (TPSA) is 132 Å². The normalized spacial score (nSPS) is 17.6. The number of benzene rings is 1. The molecule has 4 amide bonds. The molecule has 2 saturated heterocycles. The van der Waals surface area contributed by atoms with E-state index in [1.165, 1.54) is 5.56 Å². The van der Waals surface area contributed by atoms with Gasteiger partial charge in [0, 0.05) is 76.0 Å². The number of rotatable bonds is 9. The van der Waals surface area contributed by atoms with Gasteiger partial charge in [0.15, 0.2) is 0 Å². The molecule has 2 N–H and O–H groups in total. The van der Waals surface area contributed by atoms with Gasteiger partial charge in [-0.05, 0) is 68.6 Å². The summed E-state index contributed by atoms with van der Waals surface area (Å²) in [4.78, 5) is 58.8. The van der Waals surface area contributed by atoms with Gasteiger partial charge in [0.25, 0.3) is 5.91 Å². The van der Waals surface area contributed by atoms with Crippen LogP contribution >= 0.6 is 0 Å². The van der Waals surface area contributed by atoms with Crippen LogP contribution in [0.15, 0.2) is 54.9 Å². The first-order chi connectivity index (χ1) is 23.7. The van der Waals surface area contributed by atoms with Gasteiger partial charge in [-0.15, -0.1) is 0 Å². The number of aromatic nitrogens is 4. The number of nitrogens with one attached hydrogen (secondary N) is 2. The number of amides is 4. The number of carbonyl (C=O) groups is 3. The van der Waals surface area contributed by atoms with E-state index in [0.29, 0.717) is 36.5 Å². The maximum Gasteiger partial charge on any atom is 0.328 e. The first-order valence-electron chi connectivity index (χ1n) is 17.2. The molecule has 2 aliphatic heterocycles. The van der Waals surface area contributed by atoms with Gasteiger partial charge in [-0.3, -0.25) is 24.7 Å². The summed E-state index contributed by atoms with van der Waals surface area (Å²) in [6.07, 6.45) is 10.5. The minimum atomic E-state index is -0.361. The fourth-order valence-electron chi connectivity index (χ4n) is 7.33. The Hall–Kier alpha value is -5.04. The SMILES string of the molecule is CN(C)C(=O)c1cc2cnc(Nc3ccc(N4CCC(N(C)Cc5ccc(N6CCC(=O)NC6=O)cc5)CC4)cn3)nc2n1C1CCCC1. The molecule has 13 nitrogen and oxygen atoms in total. The summed E-state index contributed by atoms with van der Waals surface area (Å²) >= 11 is 0. The number of hydrogen-bond donors (Lipinski definition) is 2. The van der Waals surface area contributed by atoms with E-state index < -0.39 is 0 Å². The lowest BCUT2D eigenvalue weighted by Gasteiger charge is -2.37. The number of imide groups is 1. The average Bonchev–Trinajstić information content (AvgIpc) is 3.77. The summed E-state index contributed by atoms with van der Waals surface area (Å²) in [6.45, 7) is 3.11. The minimum Gasteiger partial charge on any atom is -0.370 e. The standard InChI is InChI=1S/C36H44N10O3/c1-42(2)34(48)30-20-25-21-38-35(41-33(25)46(30)28-6-4-5-7-28)39-31-13-12-29(22-37-31)44-17-14-26(15-18-44)43(3)23-24-8-10-27(11-9-24)45-19-16-32(47)40-36(45)49/h8-13,20-22,26,28H,4-7,14-19,23H2,1-3H3,(H,40,47,49)(H,37,38,39,41). The molecule has 0 radical (unpaired) electrons. The molecule has 3 aromatic heterocycles. The van der Waals surface area contributed by atoms with Crippen molar-refractivity contribution in [1.29, 1.82) is 0 Å². The first-order valence-corrected chi connectivity index (χ1v) is 17.2. The molecular weight excluding hydrogens is 620 g/mol. The Morgan fingerprint density at radius 3 is 2.33 bits per heavy atom. The molecule has 3 fully saturated rings. The van der Waals surface area contributed by atoms with Crippen LogP contribution in [0.1, 0.15) is 67.0 Å². The largest absolute Gasteiger partial charge is 0.370 e. The summed E-state index contributed by atoms with van der Waals surface area (Å²) in [5.74, 6) is 0.877. The molecule has 1 saturated carbocycles. The molecule has 4 aromatic rings. The maximum atomic E-state index is 13.0. The third-order valence-corrected chi connectivity index (χ3v) is 10.1. The van der Waals surface area contributed by atoms with Crippen molar-refractivity contribution in [3.05, 3.63) is 66.1 Å². The van der Waals surface area contributed by atoms with E-state index in [-0.39, 0.29) is 23.9 Å². The van der Waals surface area contributed by atoms with Crippen molar-refractivity contribution in [2.24, 2.45) is 0 Å². The molecule has 49 heavy (non-hydrogen) atoms. The van der Waals surface area contributed by atoms with Crippen LogP contribution in [-0.4, -0.2) is 94.0 Å². The molecule has 3 aliphatic rings. The van der Waals surface area contributed by atoms with Crippen molar-refractivity contribution in [1.82, 2.24) is 34.6 Å². The Kier molecular flexibility index (Phi) is 9.17. The molecule has 7 rings (SSSR count). The Morgan fingerprint density at radius 1 is 0.918 bits per heavy atom. The zero-order valence-corrected chi connectivity index (χ0v) is 28.4. The highest BCUT2D eigenvalue weighted by Gasteiger charge is 2.28. The zero-order valence-electron chi connectivity index (χ0n) is 28.4. The smallest absolute Gasteiger partial charge is 0.328 e. The van der Waals surface area contributed by atoms with Crippen molar-refractivity contribution < 1.29 is 14.4 Å². The molecule has 0 spiro atoms. The summed E-state index contributed by atoms with van der Waals surface area (Å²) in [6, 6.07) is 14.4. The fraction of sp³-hybridized carbons (Fsp3) is 0.444. The highest BCUT2D eigenvalue weighted by atomic mass is 16.2. The fourth-order valence-corrected chi connectivity index (χ4v) is 7.33.